The van der Waals surface area contributed by atoms with Gasteiger partial charge >= 0.3 is 18.3 Å². The first-order valence-electron chi connectivity index (χ1n) is 11.3. The summed E-state index contributed by atoms with van der Waals surface area (Å²) in [6.07, 6.45) is -5.78. The minimum Gasteiger partial charge on any atom is -0.480 e. The van der Waals surface area contributed by atoms with Gasteiger partial charge in [-0.1, -0.05) is 19.3 Å². The zero-order valence-electron chi connectivity index (χ0n) is 18.2. The molecular formula is C21H28F6N4O2. The van der Waals surface area contributed by atoms with Crippen molar-refractivity contribution >= 4 is 5.97 Å². The Hall–Kier alpha value is -1.82. The number of carboxylic acids is 1. The van der Waals surface area contributed by atoms with E-state index in [0.29, 0.717) is 6.54 Å². The fourth-order valence-electron chi connectivity index (χ4n) is 6.01. The number of nitrogens with zero attached hydrogens (tertiary/aromatic N) is 3. The van der Waals surface area contributed by atoms with Crippen molar-refractivity contribution in [2.24, 2.45) is 17.8 Å². The highest BCUT2D eigenvalue weighted by Gasteiger charge is 2.66. The molecule has 3 fully saturated rings. The van der Waals surface area contributed by atoms with Crippen molar-refractivity contribution in [1.29, 1.82) is 0 Å². The number of halogens is 6. The Bertz CT molecular complexity index is 850. The number of alkyl halides is 6. The third kappa shape index (κ3) is 4.87. The van der Waals surface area contributed by atoms with Crippen LogP contribution >= 0.6 is 0 Å². The van der Waals surface area contributed by atoms with Gasteiger partial charge in [0.05, 0.1) is 17.4 Å². The van der Waals surface area contributed by atoms with E-state index in [9.17, 15) is 36.2 Å². The predicted molar refractivity (Wildman–Crippen MR) is 105 cm³/mol. The van der Waals surface area contributed by atoms with E-state index < -0.39 is 48.2 Å². The molecule has 0 radical (unpaired) electrons. The molecular weight excluding hydrogens is 454 g/mol. The van der Waals surface area contributed by atoms with Crippen molar-refractivity contribution in [3.8, 4) is 0 Å². The third-order valence-corrected chi connectivity index (χ3v) is 7.32. The summed E-state index contributed by atoms with van der Waals surface area (Å²) in [5, 5.41) is 16.3. The lowest BCUT2D eigenvalue weighted by atomic mass is 9.84. The normalized spacial score (nSPS) is 29.7. The summed E-state index contributed by atoms with van der Waals surface area (Å²) in [6, 6.07) is -1.37. The Morgan fingerprint density at radius 1 is 1.12 bits per heavy atom. The lowest BCUT2D eigenvalue weighted by molar-refractivity contribution is -0.293. The van der Waals surface area contributed by atoms with Gasteiger partial charge in [-0.3, -0.25) is 14.4 Å². The second-order valence-corrected chi connectivity index (χ2v) is 9.60. The summed E-state index contributed by atoms with van der Waals surface area (Å²) in [4.78, 5) is 13.5. The molecule has 2 N–H and O–H groups in total. The number of nitrogens with one attached hydrogen (secondary N) is 1. The van der Waals surface area contributed by atoms with Crippen molar-refractivity contribution in [1.82, 2.24) is 20.0 Å². The Morgan fingerprint density at radius 2 is 1.73 bits per heavy atom. The third-order valence-electron chi connectivity index (χ3n) is 7.32. The fraction of sp³-hybridized carbons (Fsp3) is 0.810. The maximum atomic E-state index is 13.4. The van der Waals surface area contributed by atoms with Crippen molar-refractivity contribution in [2.45, 2.75) is 76.1 Å². The molecule has 1 saturated carbocycles. The van der Waals surface area contributed by atoms with E-state index in [4.69, 9.17) is 0 Å². The van der Waals surface area contributed by atoms with Crippen LogP contribution < -0.4 is 5.32 Å². The van der Waals surface area contributed by atoms with E-state index in [1.165, 1.54) is 0 Å². The summed E-state index contributed by atoms with van der Waals surface area (Å²) in [7, 11) is 0. The number of likely N-dealkylation sites (tertiary alicyclic amines) is 1. The first kappa shape index (κ1) is 24.3. The number of aliphatic carboxylic acids is 1. The van der Waals surface area contributed by atoms with Crippen LogP contribution in [0.3, 0.4) is 0 Å². The molecule has 6 nitrogen and oxygen atoms in total. The van der Waals surface area contributed by atoms with Gasteiger partial charge in [-0.25, -0.2) is 0 Å². The molecule has 12 heteroatoms. The molecule has 33 heavy (non-hydrogen) atoms. The van der Waals surface area contributed by atoms with Crippen LogP contribution in [-0.4, -0.2) is 63.3 Å². The molecule has 186 valence electrons. The van der Waals surface area contributed by atoms with Gasteiger partial charge in [-0.05, 0) is 31.7 Å². The molecule has 4 rings (SSSR count). The summed E-state index contributed by atoms with van der Waals surface area (Å²) in [5.74, 6) is -6.96. The van der Waals surface area contributed by atoms with Crippen LogP contribution in [0.5, 0.6) is 0 Å². The lowest BCUT2D eigenvalue weighted by Gasteiger charge is -2.32. The molecule has 0 amide bonds. The smallest absolute Gasteiger partial charge is 0.402 e. The summed E-state index contributed by atoms with van der Waals surface area (Å²) in [6.45, 7) is 2.23. The molecule has 2 saturated heterocycles. The summed E-state index contributed by atoms with van der Waals surface area (Å²) < 4.78 is 82.5. The average Bonchev–Trinajstić information content (AvgIpc) is 3.35. The molecule has 4 atom stereocenters. The van der Waals surface area contributed by atoms with Gasteiger partial charge in [0.15, 0.2) is 5.92 Å². The van der Waals surface area contributed by atoms with E-state index in [-0.39, 0.29) is 19.1 Å². The minimum atomic E-state index is -5.53. The largest absolute Gasteiger partial charge is 0.480 e. The molecule has 0 spiro atoms. The van der Waals surface area contributed by atoms with Gasteiger partial charge in [-0.15, -0.1) is 0 Å². The number of fused-ring (bicyclic) bond motifs is 1. The highest BCUT2D eigenvalue weighted by molar-refractivity contribution is 5.74. The first-order valence-corrected chi connectivity index (χ1v) is 11.3. The molecule has 3 heterocycles. The second kappa shape index (κ2) is 8.75. The number of rotatable bonds is 5. The first-order chi connectivity index (χ1) is 15.4. The zero-order valence-corrected chi connectivity index (χ0v) is 18.2. The number of hydrogen-bond acceptors (Lipinski definition) is 4. The standard InChI is InChI=1S/C21H28F6N4O2/c1-11-7-13(31(29-11)12-5-3-2-4-6-12)8-30-9-14-15(10-30)17(19(32)33)28-16(14)18(20(22,23)24)21(25,26)27/h7,12,14-18,28H,2-6,8-10H2,1H3,(H,32,33). The van der Waals surface area contributed by atoms with Crippen LogP contribution in [0, 0.1) is 24.7 Å². The van der Waals surface area contributed by atoms with E-state index in [1.54, 1.807) is 4.90 Å². The Kier molecular flexibility index (Phi) is 6.45. The van der Waals surface area contributed by atoms with Gasteiger partial charge in [0.1, 0.15) is 6.04 Å². The molecule has 1 aromatic rings. The van der Waals surface area contributed by atoms with E-state index in [1.807, 2.05) is 17.7 Å². The SMILES string of the molecule is Cc1cc(CN2CC3C(C(=O)O)NC(C(C(F)(F)F)C(F)(F)F)C3C2)n(C2CCCCC2)n1. The van der Waals surface area contributed by atoms with Gasteiger partial charge in [0.2, 0.25) is 0 Å². The van der Waals surface area contributed by atoms with E-state index in [2.05, 4.69) is 10.4 Å². The quantitative estimate of drug-likeness (QED) is 0.623. The van der Waals surface area contributed by atoms with Crippen LogP contribution in [0.1, 0.15) is 49.5 Å². The van der Waals surface area contributed by atoms with Gasteiger partial charge < -0.3 is 10.4 Å². The Morgan fingerprint density at radius 3 is 2.30 bits per heavy atom. The van der Waals surface area contributed by atoms with Crippen LogP contribution in [0.15, 0.2) is 6.07 Å². The highest BCUT2D eigenvalue weighted by atomic mass is 19.4. The summed E-state index contributed by atoms with van der Waals surface area (Å²) >= 11 is 0. The summed E-state index contributed by atoms with van der Waals surface area (Å²) in [5.41, 5.74) is 1.66. The maximum absolute atomic E-state index is 13.4. The topological polar surface area (TPSA) is 70.4 Å². The fourth-order valence-corrected chi connectivity index (χ4v) is 6.01. The van der Waals surface area contributed by atoms with Crippen LogP contribution in [0.2, 0.25) is 0 Å². The Labute approximate surface area is 187 Å². The maximum Gasteiger partial charge on any atom is 0.402 e. The van der Waals surface area contributed by atoms with E-state index in [0.717, 1.165) is 43.5 Å². The second-order valence-electron chi connectivity index (χ2n) is 9.60. The number of hydrogen-bond donors (Lipinski definition) is 2. The zero-order chi connectivity index (χ0) is 24.1. The number of aromatic nitrogens is 2. The Balaban J connectivity index is 1.57. The van der Waals surface area contributed by atoms with Crippen molar-refractivity contribution in [3.63, 3.8) is 0 Å². The van der Waals surface area contributed by atoms with Crippen molar-refractivity contribution in [2.75, 3.05) is 13.1 Å². The monoisotopic (exact) mass is 482 g/mol. The van der Waals surface area contributed by atoms with Crippen molar-refractivity contribution in [3.05, 3.63) is 17.5 Å². The van der Waals surface area contributed by atoms with Gasteiger partial charge in [0, 0.05) is 31.6 Å². The van der Waals surface area contributed by atoms with Crippen LogP contribution in [0.4, 0.5) is 26.3 Å². The number of carbonyl (C=O) groups is 1. The molecule has 3 aliphatic rings. The molecule has 1 aliphatic carbocycles. The molecule has 4 unspecified atom stereocenters. The minimum absolute atomic E-state index is 0.0380. The van der Waals surface area contributed by atoms with E-state index >= 15 is 0 Å². The predicted octanol–water partition coefficient (Wildman–Crippen LogP) is 3.91. The van der Waals surface area contributed by atoms with Gasteiger partial charge in [0.25, 0.3) is 0 Å². The molecule has 1 aromatic heterocycles. The van der Waals surface area contributed by atoms with Gasteiger partial charge in [-0.2, -0.15) is 31.4 Å². The average molecular weight is 482 g/mol. The van der Waals surface area contributed by atoms with Crippen LogP contribution in [-0.2, 0) is 11.3 Å². The molecule has 0 aromatic carbocycles. The molecule has 2 aliphatic heterocycles. The van der Waals surface area contributed by atoms with Crippen molar-refractivity contribution < 1.29 is 36.2 Å². The molecule has 0 bridgehead atoms. The lowest BCUT2D eigenvalue weighted by Crippen LogP contribution is -2.53. The van der Waals surface area contributed by atoms with Crippen LogP contribution in [0.25, 0.3) is 0 Å². The highest BCUT2D eigenvalue weighted by Crippen LogP contribution is 2.48. The number of carboxylic acid groups (broad SMARTS) is 1. The number of aryl methyl sites for hydroxylation is 1.